The summed E-state index contributed by atoms with van der Waals surface area (Å²) in [5.41, 5.74) is 0. The van der Waals surface area contributed by atoms with Crippen LogP contribution < -0.4 is 0 Å². The van der Waals surface area contributed by atoms with Gasteiger partial charge in [-0.3, -0.25) is 0 Å². The molecule has 1 aliphatic rings. The van der Waals surface area contributed by atoms with Gasteiger partial charge in [0.1, 0.15) is 9.84 Å². The third-order valence-corrected chi connectivity index (χ3v) is 3.10. The van der Waals surface area contributed by atoms with Gasteiger partial charge < -0.3 is 4.90 Å². The first-order chi connectivity index (χ1) is 4.97. The highest BCUT2D eigenvalue weighted by Crippen LogP contribution is 2.15. The van der Waals surface area contributed by atoms with Gasteiger partial charge in [0, 0.05) is 12.8 Å². The zero-order valence-corrected chi connectivity index (χ0v) is 7.89. The van der Waals surface area contributed by atoms with Crippen LogP contribution in [0, 0.1) is 5.92 Å². The van der Waals surface area contributed by atoms with Gasteiger partial charge in [-0.05, 0) is 25.9 Å². The van der Waals surface area contributed by atoms with E-state index in [2.05, 4.69) is 4.90 Å². The topological polar surface area (TPSA) is 37.4 Å². The predicted octanol–water partition coefficient (Wildman–Crippen LogP) is -0.0173. The number of nitrogens with zero attached hydrogens (tertiary/aromatic N) is 1. The summed E-state index contributed by atoms with van der Waals surface area (Å²) in [6, 6.07) is 0. The van der Waals surface area contributed by atoms with E-state index in [1.807, 2.05) is 7.05 Å². The fraction of sp³-hybridized carbons (Fsp3) is 1.00. The number of hydrogen-bond donors (Lipinski definition) is 0. The van der Waals surface area contributed by atoms with Gasteiger partial charge in [0.05, 0.1) is 5.75 Å². The molecule has 0 saturated carbocycles. The summed E-state index contributed by atoms with van der Waals surface area (Å²) >= 11 is 0. The van der Waals surface area contributed by atoms with E-state index in [0.29, 0.717) is 11.7 Å². The minimum absolute atomic E-state index is 0.358. The first-order valence-corrected chi connectivity index (χ1v) is 5.90. The Morgan fingerprint density at radius 1 is 1.55 bits per heavy atom. The fourth-order valence-corrected chi connectivity index (χ4v) is 2.72. The van der Waals surface area contributed by atoms with Gasteiger partial charge in [-0.1, -0.05) is 0 Å². The van der Waals surface area contributed by atoms with Crippen molar-refractivity contribution in [1.82, 2.24) is 4.90 Å². The van der Waals surface area contributed by atoms with E-state index < -0.39 is 9.84 Å². The van der Waals surface area contributed by atoms with Crippen molar-refractivity contribution in [2.45, 2.75) is 6.42 Å². The van der Waals surface area contributed by atoms with Crippen molar-refractivity contribution in [3.8, 4) is 0 Å². The molecule has 0 amide bonds. The minimum Gasteiger partial charge on any atom is -0.306 e. The highest BCUT2D eigenvalue weighted by Gasteiger charge is 2.22. The van der Waals surface area contributed by atoms with Gasteiger partial charge >= 0.3 is 0 Å². The van der Waals surface area contributed by atoms with E-state index in [1.54, 1.807) is 0 Å². The Kier molecular flexibility index (Phi) is 2.54. The molecule has 0 radical (unpaired) electrons. The van der Waals surface area contributed by atoms with Crippen LogP contribution in [0.2, 0.25) is 0 Å². The molecule has 1 aliphatic heterocycles. The maximum Gasteiger partial charge on any atom is 0.147 e. The van der Waals surface area contributed by atoms with Gasteiger partial charge in [-0.15, -0.1) is 0 Å². The molecule has 0 aliphatic carbocycles. The Morgan fingerprint density at radius 2 is 2.18 bits per heavy atom. The van der Waals surface area contributed by atoms with Crippen LogP contribution in [0.3, 0.4) is 0 Å². The zero-order chi connectivity index (χ0) is 8.48. The predicted molar refractivity (Wildman–Crippen MR) is 45.3 cm³/mol. The van der Waals surface area contributed by atoms with Crippen LogP contribution in [0.5, 0.6) is 0 Å². The van der Waals surface area contributed by atoms with E-state index in [9.17, 15) is 8.42 Å². The molecular formula is C7H15NO2S. The second kappa shape index (κ2) is 3.11. The van der Waals surface area contributed by atoms with Gasteiger partial charge in [0.15, 0.2) is 0 Å². The molecule has 0 unspecified atom stereocenters. The molecule has 0 N–H and O–H groups in total. The Labute approximate surface area is 68.3 Å². The van der Waals surface area contributed by atoms with Crippen LogP contribution in [0.25, 0.3) is 0 Å². The molecule has 11 heavy (non-hydrogen) atoms. The van der Waals surface area contributed by atoms with Crippen molar-refractivity contribution in [1.29, 1.82) is 0 Å². The summed E-state index contributed by atoms with van der Waals surface area (Å²) in [5, 5.41) is 0. The number of rotatable bonds is 2. The van der Waals surface area contributed by atoms with Crippen molar-refractivity contribution in [3.63, 3.8) is 0 Å². The smallest absolute Gasteiger partial charge is 0.147 e. The van der Waals surface area contributed by atoms with Gasteiger partial charge in [-0.25, -0.2) is 8.42 Å². The number of likely N-dealkylation sites (tertiary alicyclic amines) is 1. The lowest BCUT2D eigenvalue weighted by molar-refractivity contribution is 0.402. The number of sulfone groups is 1. The molecule has 0 aromatic carbocycles. The Hall–Kier alpha value is -0.0900. The Morgan fingerprint density at radius 3 is 2.55 bits per heavy atom. The van der Waals surface area contributed by atoms with E-state index in [0.717, 1.165) is 19.5 Å². The lowest BCUT2D eigenvalue weighted by atomic mass is 10.2. The molecule has 1 saturated heterocycles. The lowest BCUT2D eigenvalue weighted by Crippen LogP contribution is -2.19. The standard InChI is InChI=1S/C7H15NO2S/c1-8-4-3-7(5-8)6-11(2,9)10/h7H,3-6H2,1-2H3/t7-/m0/s1. The third-order valence-electron chi connectivity index (χ3n) is 2.03. The maximum absolute atomic E-state index is 10.9. The van der Waals surface area contributed by atoms with Crippen LogP contribution in [-0.4, -0.2) is 45.5 Å². The summed E-state index contributed by atoms with van der Waals surface area (Å²) < 4.78 is 21.8. The molecule has 0 aromatic rings. The molecular weight excluding hydrogens is 162 g/mol. The summed E-state index contributed by atoms with van der Waals surface area (Å²) in [5.74, 6) is 0.729. The molecule has 4 heteroatoms. The highest BCUT2D eigenvalue weighted by molar-refractivity contribution is 7.90. The van der Waals surface area contributed by atoms with Crippen LogP contribution >= 0.6 is 0 Å². The van der Waals surface area contributed by atoms with Gasteiger partial charge in [0.25, 0.3) is 0 Å². The van der Waals surface area contributed by atoms with Crippen LogP contribution in [-0.2, 0) is 9.84 Å². The largest absolute Gasteiger partial charge is 0.306 e. The fourth-order valence-electron chi connectivity index (χ4n) is 1.59. The maximum atomic E-state index is 10.9. The van der Waals surface area contributed by atoms with Crippen LogP contribution in [0.1, 0.15) is 6.42 Å². The average Bonchev–Trinajstić information content (AvgIpc) is 2.10. The van der Waals surface area contributed by atoms with E-state index in [1.165, 1.54) is 6.26 Å². The van der Waals surface area contributed by atoms with E-state index in [4.69, 9.17) is 0 Å². The van der Waals surface area contributed by atoms with Gasteiger partial charge in [-0.2, -0.15) is 0 Å². The average molecular weight is 177 g/mol. The van der Waals surface area contributed by atoms with Crippen LogP contribution in [0.15, 0.2) is 0 Å². The SMILES string of the molecule is CN1CC[C@H](CS(C)(=O)=O)C1. The monoisotopic (exact) mass is 177 g/mol. The second-order valence-electron chi connectivity index (χ2n) is 3.51. The van der Waals surface area contributed by atoms with E-state index in [-0.39, 0.29) is 0 Å². The molecule has 1 rings (SSSR count). The Balaban J connectivity index is 2.41. The van der Waals surface area contributed by atoms with E-state index >= 15 is 0 Å². The van der Waals surface area contributed by atoms with Crippen LogP contribution in [0.4, 0.5) is 0 Å². The molecule has 1 atom stereocenters. The highest BCUT2D eigenvalue weighted by atomic mass is 32.2. The Bertz CT molecular complexity index is 223. The van der Waals surface area contributed by atoms with Crippen molar-refractivity contribution in [2.24, 2.45) is 5.92 Å². The van der Waals surface area contributed by atoms with Crippen molar-refractivity contribution in [3.05, 3.63) is 0 Å². The van der Waals surface area contributed by atoms with Crippen molar-refractivity contribution >= 4 is 9.84 Å². The summed E-state index contributed by atoms with van der Waals surface area (Å²) in [4.78, 5) is 2.18. The van der Waals surface area contributed by atoms with Gasteiger partial charge in [0.2, 0.25) is 0 Å². The first kappa shape index (κ1) is 9.00. The summed E-state index contributed by atoms with van der Waals surface area (Å²) in [6.45, 7) is 1.98. The zero-order valence-electron chi connectivity index (χ0n) is 7.08. The first-order valence-electron chi connectivity index (χ1n) is 3.83. The molecule has 66 valence electrons. The quantitative estimate of drug-likeness (QED) is 0.595. The molecule has 3 nitrogen and oxygen atoms in total. The third kappa shape index (κ3) is 3.20. The summed E-state index contributed by atoms with van der Waals surface area (Å²) in [6.07, 6.45) is 2.34. The second-order valence-corrected chi connectivity index (χ2v) is 5.69. The molecule has 0 spiro atoms. The number of hydrogen-bond acceptors (Lipinski definition) is 3. The molecule has 1 fully saturated rings. The molecule has 1 heterocycles. The lowest BCUT2D eigenvalue weighted by Gasteiger charge is -2.07. The molecule has 0 aromatic heterocycles. The normalized spacial score (nSPS) is 27.6. The molecule has 0 bridgehead atoms. The minimum atomic E-state index is -2.76. The van der Waals surface area contributed by atoms with Crippen molar-refractivity contribution < 1.29 is 8.42 Å². The van der Waals surface area contributed by atoms with Crippen molar-refractivity contribution in [2.75, 3.05) is 32.1 Å². The summed E-state index contributed by atoms with van der Waals surface area (Å²) in [7, 11) is -0.728.